The Morgan fingerprint density at radius 2 is 0.510 bits per heavy atom. The van der Waals surface area contributed by atoms with Gasteiger partial charge in [-0.15, -0.1) is 0 Å². The smallest absolute Gasteiger partial charge is 0.397 e. The maximum absolute atomic E-state index is 13.3. The topological polar surface area (TPSA) is 916 Å². The molecule has 612 valence electrons. The molecule has 25 atom stereocenters. The van der Waals surface area contributed by atoms with Crippen LogP contribution < -0.4 is 0 Å². The lowest BCUT2D eigenvalue weighted by atomic mass is 9.95. The average Bonchev–Trinajstić information content (AvgIpc) is 0.756. The zero-order chi connectivity index (χ0) is 79.8. The van der Waals surface area contributed by atoms with E-state index in [0.29, 0.717) is 14.2 Å². The molecule has 5 saturated heterocycles. The minimum Gasteiger partial charge on any atom is -0.479 e. The second kappa shape index (κ2) is 34.3. The van der Waals surface area contributed by atoms with Crippen molar-refractivity contribution in [3.8, 4) is 0 Å². The van der Waals surface area contributed by atoms with E-state index in [0.717, 1.165) is 0 Å². The predicted octanol–water partition coefficient (Wildman–Crippen LogP) is -12.3. The van der Waals surface area contributed by atoms with Gasteiger partial charge in [-0.1, -0.05) is 0 Å². The van der Waals surface area contributed by atoms with E-state index in [2.05, 4.69) is 46.0 Å². The van der Waals surface area contributed by atoms with Crippen LogP contribution in [0.3, 0.4) is 0 Å². The van der Waals surface area contributed by atoms with Crippen molar-refractivity contribution in [1.82, 2.24) is 0 Å². The van der Waals surface area contributed by atoms with Crippen molar-refractivity contribution in [2.45, 2.75) is 154 Å². The van der Waals surface area contributed by atoms with E-state index < -0.39 is 300 Å². The second-order valence-electron chi connectivity index (χ2n) is 20.0. The number of carbonyl (C=O) groups is 2. The normalized spacial score (nSPS) is 35.8. The molecular weight excluding hydrogens is 1710 g/mol. The maximum Gasteiger partial charge on any atom is 0.397 e. The van der Waals surface area contributed by atoms with Gasteiger partial charge in [0, 0.05) is 14.2 Å². The van der Waals surface area contributed by atoms with Crippen molar-refractivity contribution in [2.24, 2.45) is 0 Å². The summed E-state index contributed by atoms with van der Waals surface area (Å²) in [6, 6.07) is 0. The largest absolute Gasteiger partial charge is 0.479 e. The molecule has 0 aromatic heterocycles. The molecule has 5 fully saturated rings. The number of methoxy groups -OCH3 is 2. The molecule has 0 spiro atoms. The Bertz CT molecular complexity index is 4340. The Morgan fingerprint density at radius 1 is 0.279 bits per heavy atom. The molecule has 0 unspecified atom stereocenters. The van der Waals surface area contributed by atoms with Crippen LogP contribution >= 0.6 is 0 Å². The number of aliphatic carboxylic acids is 2. The molecule has 5 heterocycles. The zero-order valence-electron chi connectivity index (χ0n) is 49.5. The van der Waals surface area contributed by atoms with Crippen molar-refractivity contribution < 1.29 is 271 Å². The van der Waals surface area contributed by atoms with E-state index in [1.54, 1.807) is 0 Å². The molecular formula is C32H52O61S11. The predicted molar refractivity (Wildman–Crippen MR) is 292 cm³/mol. The molecule has 5 rings (SSSR count). The highest BCUT2D eigenvalue weighted by molar-refractivity contribution is 7.83. The average molecular weight is 1770 g/mol. The number of hydrogen-bond donors (Lipinski definition) is 15. The second-order valence-corrected chi connectivity index (χ2v) is 31.7. The van der Waals surface area contributed by atoms with Crippen LogP contribution in [-0.2, 0) is 222 Å². The van der Waals surface area contributed by atoms with Crippen LogP contribution in [0.1, 0.15) is 0 Å². The van der Waals surface area contributed by atoms with E-state index in [-0.39, 0.29) is 0 Å². The SMILES string of the molecule is CO[C@@H]1[C@@H](OS(=O)(=O)O)[C@H](O[C@H]2[C@H](OS(=O)(=O)O)[C@@H](OS(=O)(=O)O)[C@@H](O[C@H]3[C@H](OC)[C@@H](OS(=O)(=O)O)[C@H](O[C@H]4[C@H](OS(=O)(=O)O)[C@@H](OS(=O)(=O)O)[C@@H](O)O[C@@H]4COS(=O)(=O)O)O[C@H]3C(=O)O)O[C@@H]2COS(=O)(=O)O)O[C@H](C(=O)O)[C@H]1O[C@H]1O[C@H](COS(=O)(=O)O)[C@@H](O)[C@H](OS(=O)(=O)O)[C@H]1OS(=O)(=O)O. The minimum absolute atomic E-state index is 0.311. The first-order valence-corrected chi connectivity index (χ1v) is 40.6. The lowest BCUT2D eigenvalue weighted by Crippen LogP contribution is -2.70. The van der Waals surface area contributed by atoms with Crippen molar-refractivity contribution in [2.75, 3.05) is 34.0 Å². The molecule has 0 bridgehead atoms. The Balaban J connectivity index is 1.74. The Morgan fingerprint density at radius 3 is 0.808 bits per heavy atom. The Hall–Kier alpha value is -3.01. The molecule has 104 heavy (non-hydrogen) atoms. The molecule has 0 saturated carbocycles. The number of rotatable bonds is 37. The van der Waals surface area contributed by atoms with Crippen molar-refractivity contribution in [3.63, 3.8) is 0 Å². The van der Waals surface area contributed by atoms with Gasteiger partial charge in [0.2, 0.25) is 0 Å². The first-order valence-electron chi connectivity index (χ1n) is 25.6. The number of carboxylic acid groups (broad SMARTS) is 2. The minimum atomic E-state index is -6.62. The van der Waals surface area contributed by atoms with Gasteiger partial charge in [-0.25, -0.2) is 55.6 Å². The van der Waals surface area contributed by atoms with Gasteiger partial charge in [0.1, 0.15) is 79.4 Å². The summed E-state index contributed by atoms with van der Waals surface area (Å²) in [6.45, 7) is -5.92. The summed E-state index contributed by atoms with van der Waals surface area (Å²) >= 11 is 0. The number of aliphatic hydroxyl groups is 2. The van der Waals surface area contributed by atoms with E-state index in [4.69, 9.17) is 52.1 Å². The van der Waals surface area contributed by atoms with Gasteiger partial charge in [-0.2, -0.15) is 92.6 Å². The van der Waals surface area contributed by atoms with Gasteiger partial charge in [0.05, 0.1) is 19.8 Å². The molecule has 0 aromatic rings. The molecule has 5 aliphatic heterocycles. The van der Waals surface area contributed by atoms with Crippen LogP contribution in [-0.4, -0.2) is 363 Å². The standard InChI is InChI=1S/C32H52O61S11/c1-72-13-15(82-29-22(90-101(60,61)62)12(86-97(48,49)50)9(33)6(78-29)3-74-94(39,40)41)19(26(34)35)85-32(24(13)92-103(66,67)68)81-11-8(5-76-96(45,46)47)79-30(25(93-104(69,70)71)18(11)88-99(54,55)56)83-16-14(73-2)23(91-102(63,64)65)31(84-20(16)27(36)37)80-10-7(4-75-95(42,43)44)77-28(38)21(89-100(57,58)59)17(10)87-98(51,52)53/h6-25,28-33,38H,3-5H2,1-2H3,(H,34,35)(H,36,37)(H,39,40,41)(H,42,43,44)(H,45,46,47)(H,48,49,50)(H,51,52,53)(H,54,55,56)(H,57,58,59)(H,60,61,62)(H,63,64,65)(H,66,67,68)(H,69,70,71)/t6-,7-,8-,9-,10-,11-,12+,13+,14+,15+,16+,17+,18+,19+,20-,21-,22-,23-,24-,25-,28+,29-,30-,31-,32-/m1/s1. The van der Waals surface area contributed by atoms with E-state index >= 15 is 0 Å². The summed E-state index contributed by atoms with van der Waals surface area (Å²) < 4.78 is 481. The highest BCUT2D eigenvalue weighted by atomic mass is 32.3. The molecule has 5 aliphatic rings. The Kier molecular flexibility index (Phi) is 30.2. The van der Waals surface area contributed by atoms with Crippen LogP contribution in [0.5, 0.6) is 0 Å². The third-order valence-electron chi connectivity index (χ3n) is 13.0. The molecule has 0 radical (unpaired) electrons. The summed E-state index contributed by atoms with van der Waals surface area (Å²) in [4.78, 5) is 26.5. The van der Waals surface area contributed by atoms with E-state index in [9.17, 15) is 173 Å². The van der Waals surface area contributed by atoms with Gasteiger partial charge >= 0.3 is 126 Å². The van der Waals surface area contributed by atoms with Crippen LogP contribution in [0.15, 0.2) is 0 Å². The van der Waals surface area contributed by atoms with Crippen LogP contribution in [0, 0.1) is 0 Å². The summed E-state index contributed by atoms with van der Waals surface area (Å²) in [6.07, 6.45) is -81.0. The molecule has 72 heteroatoms. The first kappa shape index (κ1) is 91.6. The third-order valence-corrected chi connectivity index (χ3v) is 18.0. The summed E-state index contributed by atoms with van der Waals surface area (Å²) in [7, 11) is -67.5. The molecule has 15 N–H and O–H groups in total. The van der Waals surface area contributed by atoms with Gasteiger partial charge in [-0.3, -0.25) is 50.1 Å². The monoisotopic (exact) mass is 1760 g/mol. The first-order chi connectivity index (χ1) is 46.8. The number of ether oxygens (including phenoxy) is 11. The molecule has 0 aromatic carbocycles. The number of carboxylic acids is 2. The number of hydrogen-bond acceptors (Lipinski definition) is 48. The van der Waals surface area contributed by atoms with Crippen LogP contribution in [0.25, 0.3) is 0 Å². The fraction of sp³-hybridized carbons (Fsp3) is 0.938. The Labute approximate surface area is 581 Å². The maximum atomic E-state index is 13.3. The highest BCUT2D eigenvalue weighted by Crippen LogP contribution is 2.42. The van der Waals surface area contributed by atoms with Crippen molar-refractivity contribution >= 4 is 126 Å². The fourth-order valence-corrected chi connectivity index (χ4v) is 14.6. The summed E-state index contributed by atoms with van der Waals surface area (Å²) in [5.41, 5.74) is 0. The molecule has 61 nitrogen and oxygen atoms in total. The molecule has 0 aliphatic carbocycles. The molecule has 0 amide bonds. The number of aliphatic hydroxyl groups excluding tert-OH is 2. The van der Waals surface area contributed by atoms with Crippen molar-refractivity contribution in [1.29, 1.82) is 0 Å². The highest BCUT2D eigenvalue weighted by Gasteiger charge is 2.64. The summed E-state index contributed by atoms with van der Waals surface area (Å²) in [5, 5.41) is 42.8. The summed E-state index contributed by atoms with van der Waals surface area (Å²) in [5.74, 6) is -5.27. The van der Waals surface area contributed by atoms with Gasteiger partial charge in [0.25, 0.3) is 0 Å². The van der Waals surface area contributed by atoms with Gasteiger partial charge in [-0.05, 0) is 0 Å². The van der Waals surface area contributed by atoms with Crippen molar-refractivity contribution in [3.05, 3.63) is 0 Å². The lowest BCUT2D eigenvalue weighted by Gasteiger charge is -2.50. The van der Waals surface area contributed by atoms with E-state index in [1.807, 2.05) is 0 Å². The van der Waals surface area contributed by atoms with Crippen LogP contribution in [0.4, 0.5) is 0 Å². The third kappa shape index (κ3) is 28.4. The zero-order valence-corrected chi connectivity index (χ0v) is 58.5. The van der Waals surface area contributed by atoms with Gasteiger partial charge in [0.15, 0.2) is 74.2 Å². The van der Waals surface area contributed by atoms with Crippen LogP contribution in [0.2, 0.25) is 0 Å². The fourth-order valence-electron chi connectivity index (χ4n) is 9.73. The van der Waals surface area contributed by atoms with E-state index in [1.165, 1.54) is 0 Å². The quantitative estimate of drug-likeness (QED) is 0.0257. The van der Waals surface area contributed by atoms with Gasteiger partial charge < -0.3 is 72.5 Å². The lowest BCUT2D eigenvalue weighted by molar-refractivity contribution is -0.382.